The largest absolute Gasteiger partial charge is 0.476 e. The van der Waals surface area contributed by atoms with Crippen molar-refractivity contribution < 1.29 is 9.90 Å². The maximum atomic E-state index is 10.9. The lowest BCUT2D eigenvalue weighted by Crippen LogP contribution is -1.98. The van der Waals surface area contributed by atoms with Crippen LogP contribution in [0.1, 0.15) is 20.9 Å². The molecule has 0 aliphatic heterocycles. The van der Waals surface area contributed by atoms with Crippen LogP contribution in [0.3, 0.4) is 0 Å². The van der Waals surface area contributed by atoms with E-state index in [0.717, 1.165) is 15.8 Å². The minimum atomic E-state index is -1.05. The molecule has 19 heavy (non-hydrogen) atoms. The van der Waals surface area contributed by atoms with Gasteiger partial charge >= 0.3 is 5.97 Å². The van der Waals surface area contributed by atoms with E-state index in [9.17, 15) is 4.79 Å². The van der Waals surface area contributed by atoms with E-state index in [0.29, 0.717) is 5.82 Å². The highest BCUT2D eigenvalue weighted by atomic mass is 32.1. The summed E-state index contributed by atoms with van der Waals surface area (Å²) in [5, 5.41) is 9.85. The summed E-state index contributed by atoms with van der Waals surface area (Å²) in [4.78, 5) is 25.3. The Hall–Kier alpha value is -2.28. The van der Waals surface area contributed by atoms with Crippen LogP contribution in [-0.2, 0) is 0 Å². The number of aromatic nitrogens is 4. The van der Waals surface area contributed by atoms with Gasteiger partial charge in [0.1, 0.15) is 23.3 Å². The predicted octanol–water partition coefficient (Wildman–Crippen LogP) is 2.19. The maximum absolute atomic E-state index is 10.9. The molecule has 7 heteroatoms. The number of fused-ring (bicyclic) bond motifs is 1. The molecule has 0 atom stereocenters. The van der Waals surface area contributed by atoms with Crippen LogP contribution in [-0.4, -0.2) is 30.6 Å². The molecule has 3 aromatic heterocycles. The first-order valence-corrected chi connectivity index (χ1v) is 6.38. The second-order valence-corrected chi connectivity index (χ2v) is 5.34. The highest BCUT2D eigenvalue weighted by Gasteiger charge is 2.15. The van der Waals surface area contributed by atoms with Crippen LogP contribution in [0.4, 0.5) is 0 Å². The molecule has 96 valence electrons. The number of aromatic carboxylic acids is 1. The molecule has 1 N–H and O–H groups in total. The zero-order chi connectivity index (χ0) is 13.6. The molecular formula is C12H10N4O2S. The van der Waals surface area contributed by atoms with E-state index in [-0.39, 0.29) is 5.69 Å². The lowest BCUT2D eigenvalue weighted by Gasteiger charge is -2.03. The molecule has 0 aliphatic carbocycles. The highest BCUT2D eigenvalue weighted by Crippen LogP contribution is 2.31. The fourth-order valence-electron chi connectivity index (χ4n) is 1.91. The van der Waals surface area contributed by atoms with Crippen molar-refractivity contribution >= 4 is 27.5 Å². The fourth-order valence-corrected chi connectivity index (χ4v) is 2.90. The van der Waals surface area contributed by atoms with E-state index in [4.69, 9.17) is 5.11 Å². The number of carbonyl (C=O) groups is 1. The Bertz CT molecular complexity index is 790. The smallest absolute Gasteiger partial charge is 0.356 e. The van der Waals surface area contributed by atoms with Gasteiger partial charge in [-0.1, -0.05) is 0 Å². The molecule has 3 rings (SSSR count). The van der Waals surface area contributed by atoms with Gasteiger partial charge in [-0.3, -0.25) is 4.57 Å². The Morgan fingerprint density at radius 2 is 2.11 bits per heavy atom. The first-order valence-electron chi connectivity index (χ1n) is 5.56. The van der Waals surface area contributed by atoms with Gasteiger partial charge < -0.3 is 5.11 Å². The Morgan fingerprint density at radius 3 is 2.79 bits per heavy atom. The van der Waals surface area contributed by atoms with Gasteiger partial charge in [0.2, 0.25) is 0 Å². The van der Waals surface area contributed by atoms with Crippen LogP contribution in [0.2, 0.25) is 0 Å². The lowest BCUT2D eigenvalue weighted by molar-refractivity contribution is 0.0691. The Kier molecular flexibility index (Phi) is 2.56. The molecule has 0 bridgehead atoms. The lowest BCUT2D eigenvalue weighted by atomic mass is 10.2. The van der Waals surface area contributed by atoms with Gasteiger partial charge in [-0.05, 0) is 19.4 Å². The number of rotatable bonds is 2. The average Bonchev–Trinajstić information content (AvgIpc) is 2.96. The van der Waals surface area contributed by atoms with Gasteiger partial charge in [0.15, 0.2) is 5.69 Å². The summed E-state index contributed by atoms with van der Waals surface area (Å²) in [7, 11) is 0. The normalized spacial score (nSPS) is 11.1. The highest BCUT2D eigenvalue weighted by molar-refractivity contribution is 7.18. The van der Waals surface area contributed by atoms with Crippen LogP contribution < -0.4 is 0 Å². The van der Waals surface area contributed by atoms with Gasteiger partial charge in [-0.2, -0.15) is 0 Å². The van der Waals surface area contributed by atoms with E-state index in [1.807, 2.05) is 13.8 Å². The molecule has 6 nitrogen and oxygen atoms in total. The molecule has 0 aromatic carbocycles. The summed E-state index contributed by atoms with van der Waals surface area (Å²) < 4.78 is 1.62. The first kappa shape index (κ1) is 11.8. The van der Waals surface area contributed by atoms with Crippen molar-refractivity contribution in [1.29, 1.82) is 0 Å². The standard InChI is InChI=1S/C12H10N4O2S/c1-6-7(2)19-11-9(6)10(13-4-14-11)16-3-8(12(17)18)15-5-16/h3-5H,1-2H3,(H,17,18). The number of carboxylic acid groups (broad SMARTS) is 1. The third kappa shape index (κ3) is 1.78. The molecular weight excluding hydrogens is 264 g/mol. The molecule has 0 spiro atoms. The minimum absolute atomic E-state index is 0.00336. The van der Waals surface area contributed by atoms with Crippen LogP contribution in [0.25, 0.3) is 16.0 Å². The van der Waals surface area contributed by atoms with Crippen LogP contribution >= 0.6 is 11.3 Å². The van der Waals surface area contributed by atoms with Gasteiger partial charge in [0.05, 0.1) is 5.39 Å². The number of hydrogen-bond donors (Lipinski definition) is 1. The molecule has 0 radical (unpaired) electrons. The molecule has 0 amide bonds. The predicted molar refractivity (Wildman–Crippen MR) is 71.0 cm³/mol. The van der Waals surface area contributed by atoms with Crippen molar-refractivity contribution in [2.24, 2.45) is 0 Å². The Balaban J connectivity index is 2.26. The van der Waals surface area contributed by atoms with Crippen molar-refractivity contribution in [3.63, 3.8) is 0 Å². The van der Waals surface area contributed by atoms with Crippen molar-refractivity contribution in [3.8, 4) is 5.82 Å². The third-order valence-electron chi connectivity index (χ3n) is 2.99. The Morgan fingerprint density at radius 1 is 1.32 bits per heavy atom. The quantitative estimate of drug-likeness (QED) is 0.774. The molecule has 0 aliphatic rings. The molecule has 0 saturated carbocycles. The van der Waals surface area contributed by atoms with Crippen molar-refractivity contribution in [1.82, 2.24) is 19.5 Å². The summed E-state index contributed by atoms with van der Waals surface area (Å²) in [5.41, 5.74) is 1.11. The zero-order valence-corrected chi connectivity index (χ0v) is 11.1. The van der Waals surface area contributed by atoms with Gasteiger partial charge in [-0.25, -0.2) is 19.7 Å². The minimum Gasteiger partial charge on any atom is -0.476 e. The molecule has 0 saturated heterocycles. The number of hydrogen-bond acceptors (Lipinski definition) is 5. The molecule has 3 heterocycles. The summed E-state index contributed by atoms with van der Waals surface area (Å²) in [6.45, 7) is 4.04. The average molecular weight is 274 g/mol. The second-order valence-electron chi connectivity index (χ2n) is 4.13. The van der Waals surface area contributed by atoms with Crippen molar-refractivity contribution in [2.75, 3.05) is 0 Å². The van der Waals surface area contributed by atoms with Crippen LogP contribution in [0.5, 0.6) is 0 Å². The number of carboxylic acids is 1. The van der Waals surface area contributed by atoms with Crippen molar-refractivity contribution in [3.05, 3.63) is 35.0 Å². The molecule has 0 unspecified atom stereocenters. The number of imidazole rings is 1. The van der Waals surface area contributed by atoms with E-state index in [1.54, 1.807) is 15.9 Å². The number of nitrogens with zero attached hydrogens (tertiary/aromatic N) is 4. The fraction of sp³-hybridized carbons (Fsp3) is 0.167. The number of aryl methyl sites for hydroxylation is 2. The first-order chi connectivity index (χ1) is 9.08. The van der Waals surface area contributed by atoms with Crippen LogP contribution in [0, 0.1) is 13.8 Å². The molecule has 3 aromatic rings. The maximum Gasteiger partial charge on any atom is 0.356 e. The summed E-state index contributed by atoms with van der Waals surface area (Å²) in [6.07, 6.45) is 4.39. The van der Waals surface area contributed by atoms with E-state index in [2.05, 4.69) is 15.0 Å². The third-order valence-corrected chi connectivity index (χ3v) is 4.11. The SMILES string of the molecule is Cc1sc2ncnc(-n3cnc(C(=O)O)c3)c2c1C. The summed E-state index contributed by atoms with van der Waals surface area (Å²) >= 11 is 1.60. The van der Waals surface area contributed by atoms with E-state index < -0.39 is 5.97 Å². The van der Waals surface area contributed by atoms with Crippen molar-refractivity contribution in [2.45, 2.75) is 13.8 Å². The Labute approximate surface area is 112 Å². The topological polar surface area (TPSA) is 80.9 Å². The van der Waals surface area contributed by atoms with E-state index >= 15 is 0 Å². The van der Waals surface area contributed by atoms with E-state index in [1.165, 1.54) is 23.7 Å². The van der Waals surface area contributed by atoms with Gasteiger partial charge in [0.25, 0.3) is 0 Å². The van der Waals surface area contributed by atoms with Gasteiger partial charge in [0, 0.05) is 11.1 Å². The van der Waals surface area contributed by atoms with Crippen LogP contribution in [0.15, 0.2) is 18.9 Å². The number of thiophene rings is 1. The molecule has 0 fully saturated rings. The summed E-state index contributed by atoms with van der Waals surface area (Å²) in [6, 6.07) is 0. The zero-order valence-electron chi connectivity index (χ0n) is 10.3. The summed E-state index contributed by atoms with van der Waals surface area (Å²) in [5.74, 6) is -0.394. The monoisotopic (exact) mass is 274 g/mol. The second kappa shape index (κ2) is 4.13. The van der Waals surface area contributed by atoms with Gasteiger partial charge in [-0.15, -0.1) is 11.3 Å².